The van der Waals surface area contributed by atoms with Crippen LogP contribution in [-0.4, -0.2) is 42.5 Å². The monoisotopic (exact) mass is 338 g/mol. The summed E-state index contributed by atoms with van der Waals surface area (Å²) >= 11 is 0. The van der Waals surface area contributed by atoms with Crippen LogP contribution in [0.2, 0.25) is 0 Å². The second-order valence-corrected chi connectivity index (χ2v) is 6.78. The predicted octanol–water partition coefficient (Wildman–Crippen LogP) is 2.28. The van der Waals surface area contributed by atoms with Gasteiger partial charge in [0.25, 0.3) is 5.91 Å². The Morgan fingerprint density at radius 3 is 3.04 bits per heavy atom. The first kappa shape index (κ1) is 17.6. The molecule has 1 atom stereocenters. The van der Waals surface area contributed by atoms with Gasteiger partial charge in [0.1, 0.15) is 5.69 Å². The van der Waals surface area contributed by atoms with Crippen LogP contribution >= 0.6 is 0 Å². The van der Waals surface area contributed by atoms with E-state index in [0.717, 1.165) is 36.2 Å². The zero-order valence-electron chi connectivity index (χ0n) is 14.7. The van der Waals surface area contributed by atoms with Crippen LogP contribution in [-0.2, 0) is 6.54 Å². The number of carbonyl (C=O) groups excluding carboxylic acids is 1. The van der Waals surface area contributed by atoms with Gasteiger partial charge in [-0.05, 0) is 55.6 Å². The summed E-state index contributed by atoms with van der Waals surface area (Å²) in [4.78, 5) is 19.4. The fourth-order valence-electron chi connectivity index (χ4n) is 3.45. The lowest BCUT2D eigenvalue weighted by atomic mass is 9.98. The number of piperidine rings is 1. The van der Waals surface area contributed by atoms with Gasteiger partial charge in [-0.1, -0.05) is 24.3 Å². The molecule has 132 valence electrons. The predicted molar refractivity (Wildman–Crippen MR) is 100 cm³/mol. The standard InChI is InChI=1S/C20H26N4O/c1-24-10-4-6-16(14-24)13-23-20(25)19-18(8-3-9-22-19)17-7-2-5-15(11-17)12-21/h2-3,5,7-9,11,16H,4,6,10,12-14,21H2,1H3,(H,23,25)/t16-/m1/s1. The van der Waals surface area contributed by atoms with E-state index in [1.54, 1.807) is 6.20 Å². The van der Waals surface area contributed by atoms with Crippen LogP contribution in [0, 0.1) is 5.92 Å². The molecule has 2 aromatic rings. The van der Waals surface area contributed by atoms with Gasteiger partial charge in [-0.25, -0.2) is 0 Å². The van der Waals surface area contributed by atoms with E-state index >= 15 is 0 Å². The van der Waals surface area contributed by atoms with Crippen LogP contribution in [0.1, 0.15) is 28.9 Å². The Kier molecular flexibility index (Phi) is 5.79. The van der Waals surface area contributed by atoms with E-state index < -0.39 is 0 Å². The van der Waals surface area contributed by atoms with Gasteiger partial charge >= 0.3 is 0 Å². The number of hydrogen-bond donors (Lipinski definition) is 2. The van der Waals surface area contributed by atoms with Gasteiger partial charge in [0.15, 0.2) is 0 Å². The van der Waals surface area contributed by atoms with Gasteiger partial charge in [-0.3, -0.25) is 9.78 Å². The Hall–Kier alpha value is -2.24. The summed E-state index contributed by atoms with van der Waals surface area (Å²) in [6.45, 7) is 3.35. The van der Waals surface area contributed by atoms with E-state index in [-0.39, 0.29) is 5.91 Å². The lowest BCUT2D eigenvalue weighted by molar-refractivity contribution is 0.0932. The number of hydrogen-bond acceptors (Lipinski definition) is 4. The molecule has 0 bridgehead atoms. The fraction of sp³-hybridized carbons (Fsp3) is 0.400. The first-order chi connectivity index (χ1) is 12.2. The summed E-state index contributed by atoms with van der Waals surface area (Å²) in [5.74, 6) is 0.400. The molecule has 3 rings (SSSR count). The molecule has 0 radical (unpaired) electrons. The summed E-state index contributed by atoms with van der Waals surface area (Å²) in [5, 5.41) is 3.08. The minimum atomic E-state index is -0.109. The molecule has 5 heteroatoms. The molecule has 0 unspecified atom stereocenters. The molecule has 0 aliphatic carbocycles. The van der Waals surface area contributed by atoms with Gasteiger partial charge < -0.3 is 16.0 Å². The van der Waals surface area contributed by atoms with Crippen molar-refractivity contribution in [3.8, 4) is 11.1 Å². The minimum Gasteiger partial charge on any atom is -0.350 e. The first-order valence-electron chi connectivity index (χ1n) is 8.88. The third kappa shape index (κ3) is 4.44. The van der Waals surface area contributed by atoms with Gasteiger partial charge in [-0.2, -0.15) is 0 Å². The highest BCUT2D eigenvalue weighted by atomic mass is 16.1. The van der Waals surface area contributed by atoms with Crippen LogP contribution in [0.25, 0.3) is 11.1 Å². The molecular formula is C20H26N4O. The van der Waals surface area contributed by atoms with Gasteiger partial charge in [0.05, 0.1) is 0 Å². The van der Waals surface area contributed by atoms with Crippen LogP contribution in [0.3, 0.4) is 0 Å². The number of benzene rings is 1. The molecule has 0 saturated carbocycles. The van der Waals surface area contributed by atoms with Crippen molar-refractivity contribution in [1.82, 2.24) is 15.2 Å². The molecule has 1 aliphatic heterocycles. The maximum Gasteiger partial charge on any atom is 0.270 e. The van der Waals surface area contributed by atoms with Crippen molar-refractivity contribution in [2.24, 2.45) is 11.7 Å². The van der Waals surface area contributed by atoms with Crippen molar-refractivity contribution >= 4 is 5.91 Å². The van der Waals surface area contributed by atoms with Crippen molar-refractivity contribution in [3.05, 3.63) is 53.9 Å². The number of carbonyl (C=O) groups is 1. The maximum atomic E-state index is 12.7. The topological polar surface area (TPSA) is 71.2 Å². The van der Waals surface area contributed by atoms with Crippen molar-refractivity contribution < 1.29 is 4.79 Å². The summed E-state index contributed by atoms with van der Waals surface area (Å²) in [6.07, 6.45) is 4.02. The molecule has 1 fully saturated rings. The molecule has 5 nitrogen and oxygen atoms in total. The molecular weight excluding hydrogens is 312 g/mol. The number of rotatable bonds is 5. The smallest absolute Gasteiger partial charge is 0.270 e. The Morgan fingerprint density at radius 1 is 1.36 bits per heavy atom. The Morgan fingerprint density at radius 2 is 2.24 bits per heavy atom. The number of pyridine rings is 1. The number of nitrogens with zero attached hydrogens (tertiary/aromatic N) is 2. The van der Waals surface area contributed by atoms with Crippen molar-refractivity contribution in [3.63, 3.8) is 0 Å². The molecule has 1 saturated heterocycles. The van der Waals surface area contributed by atoms with Crippen LogP contribution in [0.5, 0.6) is 0 Å². The third-order valence-corrected chi connectivity index (χ3v) is 4.77. The molecule has 2 heterocycles. The van der Waals surface area contributed by atoms with Gasteiger partial charge in [0, 0.05) is 31.4 Å². The van der Waals surface area contributed by atoms with E-state index in [4.69, 9.17) is 5.73 Å². The van der Waals surface area contributed by atoms with Crippen LogP contribution in [0.15, 0.2) is 42.6 Å². The van der Waals surface area contributed by atoms with E-state index in [1.165, 1.54) is 6.42 Å². The van der Waals surface area contributed by atoms with Crippen LogP contribution < -0.4 is 11.1 Å². The Balaban J connectivity index is 1.74. The normalized spacial score (nSPS) is 18.1. The number of aromatic nitrogens is 1. The molecule has 25 heavy (non-hydrogen) atoms. The number of amides is 1. The number of nitrogens with one attached hydrogen (secondary N) is 1. The second kappa shape index (κ2) is 8.23. The van der Waals surface area contributed by atoms with E-state index in [2.05, 4.69) is 22.2 Å². The van der Waals surface area contributed by atoms with Crippen molar-refractivity contribution in [2.75, 3.05) is 26.7 Å². The summed E-state index contributed by atoms with van der Waals surface area (Å²) in [7, 11) is 2.13. The van der Waals surface area contributed by atoms with Crippen molar-refractivity contribution in [1.29, 1.82) is 0 Å². The van der Waals surface area contributed by atoms with Gasteiger partial charge in [-0.15, -0.1) is 0 Å². The molecule has 1 aromatic heterocycles. The largest absolute Gasteiger partial charge is 0.350 e. The van der Waals surface area contributed by atoms with E-state index in [0.29, 0.717) is 24.7 Å². The first-order valence-corrected chi connectivity index (χ1v) is 8.88. The number of nitrogens with two attached hydrogens (primary N) is 1. The third-order valence-electron chi connectivity index (χ3n) is 4.77. The molecule has 1 aliphatic rings. The lowest BCUT2D eigenvalue weighted by Crippen LogP contribution is -2.39. The highest BCUT2D eigenvalue weighted by Crippen LogP contribution is 2.23. The molecule has 1 aromatic carbocycles. The van der Waals surface area contributed by atoms with Crippen LogP contribution in [0.4, 0.5) is 0 Å². The van der Waals surface area contributed by atoms with Crippen molar-refractivity contribution in [2.45, 2.75) is 19.4 Å². The van der Waals surface area contributed by atoms with E-state index in [9.17, 15) is 4.79 Å². The highest BCUT2D eigenvalue weighted by molar-refractivity contribution is 5.98. The molecule has 0 spiro atoms. The highest BCUT2D eigenvalue weighted by Gasteiger charge is 2.19. The zero-order valence-corrected chi connectivity index (χ0v) is 14.7. The van der Waals surface area contributed by atoms with E-state index in [1.807, 2.05) is 36.4 Å². The summed E-state index contributed by atoms with van der Waals surface area (Å²) < 4.78 is 0. The Bertz CT molecular complexity index is 731. The summed E-state index contributed by atoms with van der Waals surface area (Å²) in [5.41, 5.74) is 9.06. The summed E-state index contributed by atoms with van der Waals surface area (Å²) in [6, 6.07) is 11.7. The SMILES string of the molecule is CN1CCC[C@H](CNC(=O)c2ncccc2-c2cccc(CN)c2)C1. The minimum absolute atomic E-state index is 0.109. The maximum absolute atomic E-state index is 12.7. The quantitative estimate of drug-likeness (QED) is 0.877. The molecule has 1 amide bonds. The number of likely N-dealkylation sites (tertiary alicyclic amines) is 1. The zero-order chi connectivity index (χ0) is 17.6. The second-order valence-electron chi connectivity index (χ2n) is 6.78. The Labute approximate surface area is 149 Å². The average molecular weight is 338 g/mol. The lowest BCUT2D eigenvalue weighted by Gasteiger charge is -2.29. The molecule has 3 N–H and O–H groups in total. The average Bonchev–Trinajstić information content (AvgIpc) is 2.66. The van der Waals surface area contributed by atoms with Gasteiger partial charge in [0.2, 0.25) is 0 Å². The fourth-order valence-corrected chi connectivity index (χ4v) is 3.45.